The van der Waals surface area contributed by atoms with E-state index in [9.17, 15) is 14.4 Å². The molecule has 1 heterocycles. The fourth-order valence-electron chi connectivity index (χ4n) is 5.55. The van der Waals surface area contributed by atoms with E-state index < -0.39 is 0 Å². The Morgan fingerprint density at radius 3 is 1.93 bits per heavy atom. The van der Waals surface area contributed by atoms with E-state index in [1.807, 2.05) is 86.6 Å². The lowest BCUT2D eigenvalue weighted by Gasteiger charge is -2.33. The summed E-state index contributed by atoms with van der Waals surface area (Å²) in [6, 6.07) is 25.5. The van der Waals surface area contributed by atoms with Crippen LogP contribution in [0.25, 0.3) is 0 Å². The van der Waals surface area contributed by atoms with Crippen molar-refractivity contribution in [3.63, 3.8) is 0 Å². The van der Waals surface area contributed by atoms with E-state index in [1.165, 1.54) is 10.5 Å². The van der Waals surface area contributed by atoms with Gasteiger partial charge < -0.3 is 10.2 Å². The van der Waals surface area contributed by atoms with Gasteiger partial charge in [0, 0.05) is 18.2 Å². The first-order chi connectivity index (χ1) is 19.8. The number of benzene rings is 3. The maximum atomic E-state index is 13.3. The average Bonchev–Trinajstić information content (AvgIpc) is 2.97. The summed E-state index contributed by atoms with van der Waals surface area (Å²) in [5.74, 6) is 0.156. The molecule has 1 N–H and O–H groups in total. The number of nitrogens with one attached hydrogen (secondary N) is 1. The van der Waals surface area contributed by atoms with Gasteiger partial charge >= 0.3 is 0 Å². The van der Waals surface area contributed by atoms with Gasteiger partial charge in [-0.05, 0) is 80.1 Å². The number of amides is 3. The second-order valence-corrected chi connectivity index (χ2v) is 11.4. The van der Waals surface area contributed by atoms with Crippen molar-refractivity contribution in [2.24, 2.45) is 5.92 Å². The minimum atomic E-state index is -0.143. The van der Waals surface area contributed by atoms with Gasteiger partial charge in [-0.1, -0.05) is 86.6 Å². The number of rotatable bonds is 11. The van der Waals surface area contributed by atoms with Gasteiger partial charge in [-0.3, -0.25) is 19.3 Å². The lowest BCUT2D eigenvalue weighted by molar-refractivity contribution is -0.144. The van der Waals surface area contributed by atoms with Crippen LogP contribution in [0.15, 0.2) is 78.9 Å². The topological polar surface area (TPSA) is 69.7 Å². The predicted octanol–water partition coefficient (Wildman–Crippen LogP) is 6.00. The van der Waals surface area contributed by atoms with E-state index in [-0.39, 0.29) is 36.5 Å². The Bertz CT molecular complexity index is 1250. The van der Waals surface area contributed by atoms with E-state index in [0.717, 1.165) is 61.3 Å². The summed E-state index contributed by atoms with van der Waals surface area (Å²) in [5, 5.41) is 3.08. The van der Waals surface area contributed by atoms with Crippen LogP contribution in [0, 0.1) is 12.8 Å². The van der Waals surface area contributed by atoms with Crippen molar-refractivity contribution >= 4 is 23.4 Å². The summed E-state index contributed by atoms with van der Waals surface area (Å²) in [5.41, 5.74) is 5.21. The normalized spacial score (nSPS) is 14.1. The molecule has 3 amide bonds. The molecule has 0 spiro atoms. The van der Waals surface area contributed by atoms with Gasteiger partial charge in [-0.15, -0.1) is 0 Å². The molecule has 0 saturated carbocycles. The Morgan fingerprint density at radius 2 is 1.39 bits per heavy atom. The van der Waals surface area contributed by atoms with Crippen LogP contribution in [0.5, 0.6) is 0 Å². The number of anilines is 1. The number of nitrogens with zero attached hydrogens (tertiary/aromatic N) is 2. The number of piperidine rings is 1. The molecule has 0 atom stereocenters. The lowest BCUT2D eigenvalue weighted by Crippen LogP contribution is -2.41. The highest BCUT2D eigenvalue weighted by Gasteiger charge is 2.25. The zero-order chi connectivity index (χ0) is 29.2. The second kappa shape index (κ2) is 14.7. The van der Waals surface area contributed by atoms with Crippen LogP contribution in [0.2, 0.25) is 0 Å². The fraction of sp³-hybridized carbons (Fsp3) is 0.400. The highest BCUT2D eigenvalue weighted by molar-refractivity contribution is 5.97. The van der Waals surface area contributed by atoms with Gasteiger partial charge in [0.25, 0.3) is 0 Å². The first-order valence-corrected chi connectivity index (χ1v) is 14.9. The number of carbonyl (C=O) groups is 3. The van der Waals surface area contributed by atoms with Crippen molar-refractivity contribution < 1.29 is 14.4 Å². The van der Waals surface area contributed by atoms with Crippen molar-refractivity contribution in [3.05, 3.63) is 101 Å². The van der Waals surface area contributed by atoms with Crippen LogP contribution in [0.1, 0.15) is 61.3 Å². The van der Waals surface area contributed by atoms with Crippen molar-refractivity contribution in [2.45, 2.75) is 58.8 Å². The van der Waals surface area contributed by atoms with Crippen LogP contribution in [0.4, 0.5) is 5.69 Å². The second-order valence-electron chi connectivity index (χ2n) is 11.4. The minimum Gasteiger partial charge on any atom is -0.326 e. The monoisotopic (exact) mass is 553 g/mol. The first kappa shape index (κ1) is 30.2. The van der Waals surface area contributed by atoms with Gasteiger partial charge in [0.05, 0.1) is 12.8 Å². The molecule has 41 heavy (non-hydrogen) atoms. The Hall–Kier alpha value is -3.77. The number of carbonyl (C=O) groups excluding carboxylic acids is 3. The molecule has 3 aromatic rings. The van der Waals surface area contributed by atoms with Gasteiger partial charge in [-0.25, -0.2) is 0 Å². The molecule has 3 aromatic carbocycles. The van der Waals surface area contributed by atoms with Crippen LogP contribution in [-0.4, -0.2) is 53.7 Å². The third-order valence-corrected chi connectivity index (χ3v) is 8.04. The van der Waals surface area contributed by atoms with Crippen molar-refractivity contribution in [1.29, 1.82) is 0 Å². The molecular formula is C35H43N3O3. The molecule has 0 aliphatic carbocycles. The average molecular weight is 554 g/mol. The Labute approximate surface area is 244 Å². The summed E-state index contributed by atoms with van der Waals surface area (Å²) in [7, 11) is 0. The summed E-state index contributed by atoms with van der Waals surface area (Å²) in [6.45, 7) is 9.14. The molecule has 0 aromatic heterocycles. The van der Waals surface area contributed by atoms with E-state index in [4.69, 9.17) is 0 Å². The van der Waals surface area contributed by atoms with E-state index in [1.54, 1.807) is 0 Å². The van der Waals surface area contributed by atoms with Crippen molar-refractivity contribution in [2.75, 3.05) is 31.5 Å². The van der Waals surface area contributed by atoms with Gasteiger partial charge in [0.15, 0.2) is 0 Å². The molecule has 1 aliphatic rings. The van der Waals surface area contributed by atoms with Gasteiger partial charge in [0.2, 0.25) is 17.7 Å². The van der Waals surface area contributed by atoms with Crippen LogP contribution in [0.3, 0.4) is 0 Å². The smallest absolute Gasteiger partial charge is 0.233 e. The maximum absolute atomic E-state index is 13.3. The number of hydrogen-bond acceptors (Lipinski definition) is 4. The van der Waals surface area contributed by atoms with Crippen molar-refractivity contribution in [3.8, 4) is 0 Å². The highest BCUT2D eigenvalue weighted by Crippen LogP contribution is 2.33. The zero-order valence-electron chi connectivity index (χ0n) is 24.6. The Morgan fingerprint density at radius 1 is 0.829 bits per heavy atom. The molecular weight excluding hydrogens is 510 g/mol. The van der Waals surface area contributed by atoms with Crippen LogP contribution < -0.4 is 5.32 Å². The summed E-state index contributed by atoms with van der Waals surface area (Å²) in [6.07, 6.45) is 3.30. The fourth-order valence-corrected chi connectivity index (χ4v) is 5.55. The molecule has 4 rings (SSSR count). The lowest BCUT2D eigenvalue weighted by atomic mass is 9.86. The van der Waals surface area contributed by atoms with E-state index in [0.29, 0.717) is 12.5 Å². The number of likely N-dealkylation sites (tertiary alicyclic amines) is 1. The zero-order valence-corrected chi connectivity index (χ0v) is 24.6. The van der Waals surface area contributed by atoms with E-state index in [2.05, 4.69) is 23.2 Å². The van der Waals surface area contributed by atoms with Gasteiger partial charge in [-0.2, -0.15) is 0 Å². The summed E-state index contributed by atoms with van der Waals surface area (Å²) in [4.78, 5) is 42.7. The summed E-state index contributed by atoms with van der Waals surface area (Å²) < 4.78 is 0. The molecule has 6 heteroatoms. The third-order valence-electron chi connectivity index (χ3n) is 8.04. The van der Waals surface area contributed by atoms with E-state index >= 15 is 0 Å². The van der Waals surface area contributed by atoms with Gasteiger partial charge in [0.1, 0.15) is 0 Å². The maximum Gasteiger partial charge on any atom is 0.233 e. The molecule has 1 fully saturated rings. The molecule has 216 valence electrons. The molecule has 0 unspecified atom stereocenters. The largest absolute Gasteiger partial charge is 0.326 e. The molecule has 0 bridgehead atoms. The quantitative estimate of drug-likeness (QED) is 0.316. The minimum absolute atomic E-state index is 0.0404. The molecule has 6 nitrogen and oxygen atoms in total. The predicted molar refractivity (Wildman–Crippen MR) is 165 cm³/mol. The summed E-state index contributed by atoms with van der Waals surface area (Å²) >= 11 is 0. The Balaban J connectivity index is 1.32. The van der Waals surface area contributed by atoms with Crippen LogP contribution in [-0.2, 0) is 27.2 Å². The third kappa shape index (κ3) is 8.61. The number of hydrogen-bond donors (Lipinski definition) is 1. The highest BCUT2D eigenvalue weighted by atomic mass is 16.2. The Kier molecular flexibility index (Phi) is 10.9. The number of imide groups is 1. The standard InChI is InChI=1S/C35H43N3O3/c1-26(2)35(41)36-32-17-10-16-31(27(32)3)30-18-22-37(23-19-30)20-11-21-38(33(39)24-28-12-6-4-7-13-28)34(40)25-29-14-8-5-9-15-29/h4-10,12-17,26,30H,11,18-25H2,1-3H3,(H,36,41). The molecule has 0 radical (unpaired) electrons. The first-order valence-electron chi connectivity index (χ1n) is 14.9. The molecule has 1 aliphatic heterocycles. The van der Waals surface area contributed by atoms with Crippen LogP contribution >= 0.6 is 0 Å². The SMILES string of the molecule is Cc1c(NC(=O)C(C)C)cccc1C1CCN(CCCN(C(=O)Cc2ccccc2)C(=O)Cc2ccccc2)CC1. The molecule has 1 saturated heterocycles. The van der Waals surface area contributed by atoms with Crippen molar-refractivity contribution in [1.82, 2.24) is 9.80 Å².